The van der Waals surface area contributed by atoms with Crippen LogP contribution in [0, 0.1) is 14.9 Å². The Morgan fingerprint density at radius 3 is 2.71 bits per heavy atom. The minimum absolute atomic E-state index is 0.0957. The van der Waals surface area contributed by atoms with E-state index < -0.39 is 6.43 Å². The van der Waals surface area contributed by atoms with Crippen molar-refractivity contribution in [3.8, 4) is 11.8 Å². The van der Waals surface area contributed by atoms with Gasteiger partial charge in [-0.2, -0.15) is 5.26 Å². The number of methoxy groups -OCH3 is 1. The van der Waals surface area contributed by atoms with E-state index in [9.17, 15) is 8.78 Å². The molecule has 1 aromatic rings. The van der Waals surface area contributed by atoms with Gasteiger partial charge in [0.1, 0.15) is 17.3 Å². The van der Waals surface area contributed by atoms with Crippen LogP contribution in [0.3, 0.4) is 0 Å². The molecule has 0 spiro atoms. The van der Waals surface area contributed by atoms with Crippen molar-refractivity contribution in [3.05, 3.63) is 21.0 Å². The van der Waals surface area contributed by atoms with Gasteiger partial charge in [0.2, 0.25) is 0 Å². The molecule has 1 rings (SSSR count). The van der Waals surface area contributed by atoms with Crippen molar-refractivity contribution in [3.63, 3.8) is 0 Å². The molecule has 14 heavy (non-hydrogen) atoms. The molecule has 0 N–H and O–H groups in total. The number of hydrogen-bond donors (Lipinski definition) is 0. The number of halogens is 3. The Hall–Kier alpha value is -0.970. The summed E-state index contributed by atoms with van der Waals surface area (Å²) in [6.07, 6.45) is -1.55. The number of alkyl halides is 2. The number of rotatable bonds is 2. The van der Waals surface area contributed by atoms with Crippen LogP contribution in [0.5, 0.6) is 5.75 Å². The Balaban J connectivity index is 3.37. The second-order valence-corrected chi connectivity index (χ2v) is 3.39. The van der Waals surface area contributed by atoms with Crippen molar-refractivity contribution in [2.45, 2.75) is 6.43 Å². The molecule has 0 atom stereocenters. The Labute approximate surface area is 92.8 Å². The van der Waals surface area contributed by atoms with Gasteiger partial charge >= 0.3 is 0 Å². The first-order chi connectivity index (χ1) is 6.61. The molecular formula is C8H5F2IN2O. The Morgan fingerprint density at radius 2 is 2.29 bits per heavy atom. The average molecular weight is 310 g/mol. The maximum atomic E-state index is 12.4. The van der Waals surface area contributed by atoms with Gasteiger partial charge in [0.15, 0.2) is 5.75 Å². The first-order valence-electron chi connectivity index (χ1n) is 3.52. The van der Waals surface area contributed by atoms with Crippen LogP contribution in [0.25, 0.3) is 0 Å². The van der Waals surface area contributed by atoms with E-state index in [1.165, 1.54) is 7.11 Å². The highest BCUT2D eigenvalue weighted by Gasteiger charge is 2.19. The van der Waals surface area contributed by atoms with Gasteiger partial charge in [0.05, 0.1) is 16.9 Å². The Kier molecular flexibility index (Phi) is 3.57. The molecule has 0 saturated carbocycles. The quantitative estimate of drug-likeness (QED) is 0.789. The summed E-state index contributed by atoms with van der Waals surface area (Å²) >= 11 is 1.66. The van der Waals surface area contributed by atoms with Crippen LogP contribution >= 0.6 is 22.6 Å². The van der Waals surface area contributed by atoms with Crippen LogP contribution in [0.4, 0.5) is 8.78 Å². The maximum absolute atomic E-state index is 12.4. The fraction of sp³-hybridized carbons (Fsp3) is 0.250. The van der Waals surface area contributed by atoms with E-state index in [1.807, 2.05) is 0 Å². The van der Waals surface area contributed by atoms with Gasteiger partial charge in [-0.25, -0.2) is 8.78 Å². The smallest absolute Gasteiger partial charge is 0.281 e. The molecule has 3 nitrogen and oxygen atoms in total. The molecule has 0 aromatic carbocycles. The van der Waals surface area contributed by atoms with E-state index in [-0.39, 0.29) is 20.6 Å². The highest BCUT2D eigenvalue weighted by Crippen LogP contribution is 2.29. The van der Waals surface area contributed by atoms with E-state index >= 15 is 0 Å². The first-order valence-corrected chi connectivity index (χ1v) is 4.60. The van der Waals surface area contributed by atoms with Crippen molar-refractivity contribution < 1.29 is 13.5 Å². The molecular weight excluding hydrogens is 305 g/mol. The van der Waals surface area contributed by atoms with Crippen molar-refractivity contribution in [2.24, 2.45) is 0 Å². The van der Waals surface area contributed by atoms with Crippen molar-refractivity contribution in [1.82, 2.24) is 4.98 Å². The predicted octanol–water partition coefficient (Wildman–Crippen LogP) is 2.50. The number of hydrogen-bond acceptors (Lipinski definition) is 3. The molecule has 1 aromatic heterocycles. The normalized spacial score (nSPS) is 10.0. The summed E-state index contributed by atoms with van der Waals surface area (Å²) in [5.41, 5.74) is -0.290. The van der Waals surface area contributed by atoms with Gasteiger partial charge in [0.25, 0.3) is 6.43 Å². The number of pyridine rings is 1. The third-order valence-corrected chi connectivity index (χ3v) is 2.64. The summed E-state index contributed by atoms with van der Waals surface area (Å²) in [5.74, 6) is 0.210. The van der Waals surface area contributed by atoms with Gasteiger partial charge in [-0.05, 0) is 22.6 Å². The predicted molar refractivity (Wildman–Crippen MR) is 53.2 cm³/mol. The van der Waals surface area contributed by atoms with Crippen molar-refractivity contribution in [2.75, 3.05) is 7.11 Å². The molecule has 0 aliphatic heterocycles. The highest BCUT2D eigenvalue weighted by molar-refractivity contribution is 14.1. The molecule has 74 valence electrons. The minimum Gasteiger partial charge on any atom is -0.494 e. The van der Waals surface area contributed by atoms with Gasteiger partial charge in [0, 0.05) is 0 Å². The lowest BCUT2D eigenvalue weighted by atomic mass is 10.2. The lowest BCUT2D eigenvalue weighted by molar-refractivity contribution is 0.145. The largest absolute Gasteiger partial charge is 0.494 e. The fourth-order valence-corrected chi connectivity index (χ4v) is 1.66. The zero-order valence-corrected chi connectivity index (χ0v) is 9.25. The molecule has 0 aliphatic rings. The zero-order valence-electron chi connectivity index (χ0n) is 7.09. The van der Waals surface area contributed by atoms with Crippen LogP contribution in [0.2, 0.25) is 0 Å². The fourth-order valence-electron chi connectivity index (χ4n) is 0.897. The van der Waals surface area contributed by atoms with Crippen LogP contribution in [-0.2, 0) is 0 Å². The molecule has 0 amide bonds. The monoisotopic (exact) mass is 310 g/mol. The second kappa shape index (κ2) is 4.50. The number of nitrogens with zero attached hydrogens (tertiary/aromatic N) is 2. The minimum atomic E-state index is -2.68. The third kappa shape index (κ3) is 1.92. The van der Waals surface area contributed by atoms with Crippen LogP contribution in [-0.4, -0.2) is 12.1 Å². The van der Waals surface area contributed by atoms with E-state index in [1.54, 1.807) is 28.7 Å². The maximum Gasteiger partial charge on any atom is 0.281 e. The number of ether oxygens (including phenoxy) is 1. The standard InChI is InChI=1S/C8H5F2IN2O/c1-14-5-3-13-7(8(9)10)6(11)4(5)2-12/h3,8H,1H3. The SMILES string of the molecule is COc1cnc(C(F)F)c(I)c1C#N. The zero-order chi connectivity index (χ0) is 10.7. The van der Waals surface area contributed by atoms with E-state index in [0.29, 0.717) is 0 Å². The van der Waals surface area contributed by atoms with Crippen LogP contribution in [0.15, 0.2) is 6.20 Å². The molecule has 0 radical (unpaired) electrons. The summed E-state index contributed by atoms with van der Waals surface area (Å²) in [6, 6.07) is 1.80. The molecule has 0 fully saturated rings. The summed E-state index contributed by atoms with van der Waals surface area (Å²) in [7, 11) is 1.36. The van der Waals surface area contributed by atoms with E-state index in [0.717, 1.165) is 6.20 Å². The lowest BCUT2D eigenvalue weighted by Gasteiger charge is -2.07. The number of aromatic nitrogens is 1. The summed E-state index contributed by atoms with van der Waals surface area (Å²) in [5, 5.41) is 8.73. The van der Waals surface area contributed by atoms with Crippen LogP contribution < -0.4 is 4.74 Å². The van der Waals surface area contributed by atoms with Crippen LogP contribution in [0.1, 0.15) is 17.7 Å². The second-order valence-electron chi connectivity index (χ2n) is 2.31. The third-order valence-electron chi connectivity index (χ3n) is 1.55. The topological polar surface area (TPSA) is 45.9 Å². The summed E-state index contributed by atoms with van der Waals surface area (Å²) in [4.78, 5) is 3.52. The Morgan fingerprint density at radius 1 is 1.64 bits per heavy atom. The van der Waals surface area contributed by atoms with Gasteiger partial charge in [-0.15, -0.1) is 0 Å². The van der Waals surface area contributed by atoms with E-state index in [4.69, 9.17) is 10.00 Å². The highest BCUT2D eigenvalue weighted by atomic mass is 127. The van der Waals surface area contributed by atoms with E-state index in [2.05, 4.69) is 4.98 Å². The van der Waals surface area contributed by atoms with Gasteiger partial charge in [-0.3, -0.25) is 4.98 Å². The first kappa shape index (κ1) is 11.1. The van der Waals surface area contributed by atoms with Crippen molar-refractivity contribution >= 4 is 22.6 Å². The molecule has 0 saturated heterocycles. The lowest BCUT2D eigenvalue weighted by Crippen LogP contribution is -2.00. The van der Waals surface area contributed by atoms with Gasteiger partial charge < -0.3 is 4.74 Å². The summed E-state index contributed by atoms with van der Waals surface area (Å²) in [6.45, 7) is 0. The molecule has 0 unspecified atom stereocenters. The van der Waals surface area contributed by atoms with Gasteiger partial charge in [-0.1, -0.05) is 0 Å². The average Bonchev–Trinajstić information content (AvgIpc) is 2.16. The number of nitriles is 1. The Bertz CT molecular complexity index is 390. The molecule has 0 aliphatic carbocycles. The molecule has 1 heterocycles. The summed E-state index contributed by atoms with van der Waals surface area (Å²) < 4.78 is 29.7. The van der Waals surface area contributed by atoms with Crippen molar-refractivity contribution in [1.29, 1.82) is 5.26 Å². The molecule has 6 heteroatoms. The molecule has 0 bridgehead atoms.